The van der Waals surface area contributed by atoms with E-state index in [4.69, 9.17) is 0 Å². The summed E-state index contributed by atoms with van der Waals surface area (Å²) in [4.78, 5) is 19.2. The third-order valence-corrected chi connectivity index (χ3v) is 4.97. The normalized spacial score (nSPS) is 17.5. The quantitative estimate of drug-likeness (QED) is 0.716. The zero-order valence-corrected chi connectivity index (χ0v) is 12.7. The van der Waals surface area contributed by atoms with Crippen molar-refractivity contribution < 1.29 is 4.21 Å². The average molecular weight is 314 g/mol. The lowest BCUT2D eigenvalue weighted by Crippen LogP contribution is -2.17. The zero-order chi connectivity index (χ0) is 15.3. The Morgan fingerprint density at radius 1 is 1.23 bits per heavy atom. The Bertz CT molecular complexity index is 941. The van der Waals surface area contributed by atoms with Crippen LogP contribution in [0.15, 0.2) is 40.3 Å². The molecule has 0 bridgehead atoms. The van der Waals surface area contributed by atoms with Crippen molar-refractivity contribution in [3.63, 3.8) is 0 Å². The summed E-state index contributed by atoms with van der Waals surface area (Å²) in [6.45, 7) is 0. The molecule has 2 N–H and O–H groups in total. The number of hydrogen-bond donors (Lipinski definition) is 2. The van der Waals surface area contributed by atoms with E-state index in [2.05, 4.69) is 32.3 Å². The van der Waals surface area contributed by atoms with Crippen molar-refractivity contribution in [2.24, 2.45) is 0 Å². The van der Waals surface area contributed by atoms with Gasteiger partial charge in [0.2, 0.25) is 5.16 Å². The minimum Gasteiger partial charge on any atom is -0.299 e. The van der Waals surface area contributed by atoms with E-state index >= 15 is 0 Å². The van der Waals surface area contributed by atoms with Gasteiger partial charge >= 0.3 is 0 Å². The number of rotatable bonds is 3. The summed E-state index contributed by atoms with van der Waals surface area (Å²) in [7, 11) is -1.35. The van der Waals surface area contributed by atoms with Gasteiger partial charge in [0.1, 0.15) is 5.39 Å². The molecule has 7 heteroatoms. The number of nitrogens with zero attached hydrogens (tertiary/aromatic N) is 2. The van der Waals surface area contributed by atoms with E-state index in [1.54, 1.807) is 0 Å². The molecule has 0 radical (unpaired) electrons. The number of hydrogen-bond acceptors (Lipinski definition) is 4. The highest BCUT2D eigenvalue weighted by atomic mass is 32.2. The van der Waals surface area contributed by atoms with E-state index in [0.717, 1.165) is 18.5 Å². The molecule has 1 aliphatic carbocycles. The van der Waals surface area contributed by atoms with Crippen molar-refractivity contribution in [3.8, 4) is 0 Å². The summed E-state index contributed by atoms with van der Waals surface area (Å²) < 4.78 is 11.5. The van der Waals surface area contributed by atoms with E-state index in [-0.39, 0.29) is 16.1 Å². The molecule has 1 aromatic carbocycles. The second-order valence-corrected chi connectivity index (χ2v) is 6.87. The Labute approximate surface area is 128 Å². The van der Waals surface area contributed by atoms with Gasteiger partial charge in [-0.2, -0.15) is 10.1 Å². The van der Waals surface area contributed by atoms with Crippen LogP contribution in [0.5, 0.6) is 0 Å². The van der Waals surface area contributed by atoms with Crippen molar-refractivity contribution in [1.29, 1.82) is 0 Å². The maximum absolute atomic E-state index is 12.4. The highest BCUT2D eigenvalue weighted by Gasteiger charge is 2.48. The fourth-order valence-electron chi connectivity index (χ4n) is 2.96. The van der Waals surface area contributed by atoms with E-state index in [0.29, 0.717) is 11.0 Å². The first-order valence-corrected chi connectivity index (χ1v) is 8.55. The van der Waals surface area contributed by atoms with Crippen molar-refractivity contribution in [3.05, 3.63) is 51.9 Å². The number of aromatic nitrogens is 4. The molecule has 1 saturated carbocycles. The van der Waals surface area contributed by atoms with Gasteiger partial charge in [-0.25, -0.2) is 0 Å². The van der Waals surface area contributed by atoms with Crippen LogP contribution >= 0.6 is 0 Å². The summed E-state index contributed by atoms with van der Waals surface area (Å²) in [5.74, 6) is 0. The van der Waals surface area contributed by atoms with E-state index in [1.807, 2.05) is 18.2 Å². The van der Waals surface area contributed by atoms with Crippen molar-refractivity contribution in [1.82, 2.24) is 20.2 Å². The first kappa shape index (κ1) is 13.4. The molecule has 112 valence electrons. The summed E-state index contributed by atoms with van der Waals surface area (Å²) in [6, 6.07) is 10.1. The van der Waals surface area contributed by atoms with Gasteiger partial charge in [0.25, 0.3) is 5.56 Å². The number of benzene rings is 1. The van der Waals surface area contributed by atoms with Gasteiger partial charge < -0.3 is 0 Å². The Hall–Kier alpha value is -2.28. The summed E-state index contributed by atoms with van der Waals surface area (Å²) >= 11 is 0. The van der Waals surface area contributed by atoms with Gasteiger partial charge in [-0.1, -0.05) is 30.3 Å². The van der Waals surface area contributed by atoms with E-state index in [9.17, 15) is 9.00 Å². The molecule has 3 aromatic rings. The van der Waals surface area contributed by atoms with Crippen LogP contribution in [0.1, 0.15) is 24.1 Å². The Kier molecular flexibility index (Phi) is 2.80. The predicted molar refractivity (Wildman–Crippen MR) is 83.3 cm³/mol. The molecule has 0 aliphatic heterocycles. The molecule has 6 nitrogen and oxygen atoms in total. The molecule has 0 saturated heterocycles. The molecule has 1 unspecified atom stereocenters. The molecular formula is C15H14N4O2S. The topological polar surface area (TPSA) is 91.5 Å². The SMILES string of the molecule is CS(=O)c1nc2n[nH]c(C3(c4ccccc4)CC3)c2c(=O)[nH]1. The molecule has 0 amide bonds. The summed E-state index contributed by atoms with van der Waals surface area (Å²) in [5, 5.41) is 7.78. The standard InChI is InChI=1S/C15H14N4O2S/c1-22(21)14-16-12-10(13(20)17-14)11(18-19-12)15(7-8-15)9-5-3-2-4-6-9/h2-6H,7-8H2,1H3,(H2,16,17,18,19,20). The van der Waals surface area contributed by atoms with Gasteiger partial charge in [0.05, 0.1) is 16.5 Å². The fraction of sp³-hybridized carbons (Fsp3) is 0.267. The number of aromatic amines is 2. The van der Waals surface area contributed by atoms with Crippen molar-refractivity contribution in [2.45, 2.75) is 23.4 Å². The molecular weight excluding hydrogens is 300 g/mol. The first-order chi connectivity index (χ1) is 10.6. The second-order valence-electron chi connectivity index (χ2n) is 5.57. The van der Waals surface area contributed by atoms with Crippen LogP contribution in [-0.4, -0.2) is 30.6 Å². The van der Waals surface area contributed by atoms with Crippen LogP contribution in [0, 0.1) is 0 Å². The lowest BCUT2D eigenvalue weighted by Gasteiger charge is -2.13. The third kappa shape index (κ3) is 1.85. The smallest absolute Gasteiger partial charge is 0.263 e. The summed E-state index contributed by atoms with van der Waals surface area (Å²) in [6.07, 6.45) is 3.41. The fourth-order valence-corrected chi connectivity index (χ4v) is 3.41. The summed E-state index contributed by atoms with van der Waals surface area (Å²) in [5.41, 5.74) is 1.82. The third-order valence-electron chi connectivity index (χ3n) is 4.23. The van der Waals surface area contributed by atoms with Gasteiger partial charge in [0, 0.05) is 11.7 Å². The van der Waals surface area contributed by atoms with Gasteiger partial charge in [-0.15, -0.1) is 0 Å². The van der Waals surface area contributed by atoms with E-state index in [1.165, 1.54) is 11.8 Å². The van der Waals surface area contributed by atoms with Crippen LogP contribution in [0.25, 0.3) is 11.0 Å². The lowest BCUT2D eigenvalue weighted by atomic mass is 9.91. The molecule has 1 fully saturated rings. The molecule has 0 spiro atoms. The molecule has 1 aliphatic rings. The molecule has 1 atom stereocenters. The molecule has 22 heavy (non-hydrogen) atoms. The Balaban J connectivity index is 1.94. The highest BCUT2D eigenvalue weighted by Crippen LogP contribution is 2.53. The maximum atomic E-state index is 12.4. The number of fused-ring (bicyclic) bond motifs is 1. The largest absolute Gasteiger partial charge is 0.299 e. The number of nitrogens with one attached hydrogen (secondary N) is 2. The average Bonchev–Trinajstić information content (AvgIpc) is 3.21. The number of H-pyrrole nitrogens is 2. The predicted octanol–water partition coefficient (Wildman–Crippen LogP) is 1.46. The zero-order valence-electron chi connectivity index (χ0n) is 11.9. The maximum Gasteiger partial charge on any atom is 0.263 e. The first-order valence-electron chi connectivity index (χ1n) is 7.00. The second kappa shape index (κ2) is 4.61. The van der Waals surface area contributed by atoms with Crippen LogP contribution in [0.2, 0.25) is 0 Å². The van der Waals surface area contributed by atoms with Crippen LogP contribution in [0.3, 0.4) is 0 Å². The Morgan fingerprint density at radius 3 is 2.59 bits per heavy atom. The van der Waals surface area contributed by atoms with Gasteiger partial charge in [-0.3, -0.25) is 19.1 Å². The van der Waals surface area contributed by atoms with Gasteiger partial charge in [0.15, 0.2) is 5.65 Å². The highest BCUT2D eigenvalue weighted by molar-refractivity contribution is 7.84. The molecule has 4 rings (SSSR count). The molecule has 2 aromatic heterocycles. The van der Waals surface area contributed by atoms with Crippen molar-refractivity contribution in [2.75, 3.05) is 6.26 Å². The van der Waals surface area contributed by atoms with Crippen molar-refractivity contribution >= 4 is 21.8 Å². The molecule has 2 heterocycles. The lowest BCUT2D eigenvalue weighted by molar-refractivity contribution is 0.679. The van der Waals surface area contributed by atoms with Gasteiger partial charge in [-0.05, 0) is 18.4 Å². The minimum absolute atomic E-state index is 0.153. The van der Waals surface area contributed by atoms with E-state index < -0.39 is 10.8 Å². The Morgan fingerprint density at radius 2 is 1.95 bits per heavy atom. The van der Waals surface area contributed by atoms with Crippen LogP contribution in [-0.2, 0) is 16.2 Å². The minimum atomic E-state index is -1.35. The van der Waals surface area contributed by atoms with Crippen LogP contribution in [0.4, 0.5) is 0 Å². The van der Waals surface area contributed by atoms with Crippen LogP contribution < -0.4 is 5.56 Å². The monoisotopic (exact) mass is 314 g/mol.